The summed E-state index contributed by atoms with van der Waals surface area (Å²) in [5.41, 5.74) is 0. The van der Waals surface area contributed by atoms with Gasteiger partial charge in [-0.15, -0.1) is 0 Å². The summed E-state index contributed by atoms with van der Waals surface area (Å²) in [4.78, 5) is 11.6. The molecule has 0 rings (SSSR count). The monoisotopic (exact) mass is 127 g/mol. The third kappa shape index (κ3) is 5.07. The van der Waals surface area contributed by atoms with Crippen molar-refractivity contribution >= 4 is 6.41 Å². The number of rotatable bonds is 4. The van der Waals surface area contributed by atoms with Gasteiger partial charge in [0.1, 0.15) is 0 Å². The summed E-state index contributed by atoms with van der Waals surface area (Å²) in [5.74, 6) is 0. The molecule has 0 N–H and O–H groups in total. The highest BCUT2D eigenvalue weighted by Crippen LogP contribution is 1.84. The van der Waals surface area contributed by atoms with Gasteiger partial charge in [-0.1, -0.05) is 12.2 Å². The summed E-state index contributed by atoms with van der Waals surface area (Å²) in [5, 5.41) is 0. The molecule has 0 aliphatic carbocycles. The van der Waals surface area contributed by atoms with Gasteiger partial charge in [-0.2, -0.15) is 0 Å². The maximum atomic E-state index is 10.0. The minimum absolute atomic E-state index is 0.813. The maximum absolute atomic E-state index is 10.0. The first kappa shape index (κ1) is 8.21. The largest absolute Gasteiger partial charge is 0.348 e. The van der Waals surface area contributed by atoms with Crippen molar-refractivity contribution in [3.8, 4) is 0 Å². The quantitative estimate of drug-likeness (QED) is 0.408. The lowest BCUT2D eigenvalue weighted by Gasteiger charge is -2.06. The van der Waals surface area contributed by atoms with Crippen LogP contribution < -0.4 is 0 Å². The number of carbonyl (C=O) groups excluding carboxylic acids is 1. The molecule has 0 bridgehead atoms. The van der Waals surface area contributed by atoms with E-state index in [-0.39, 0.29) is 0 Å². The number of hydrogen-bond acceptors (Lipinski definition) is 1. The molecule has 52 valence electrons. The third-order valence-electron chi connectivity index (χ3n) is 1.06. The van der Waals surface area contributed by atoms with Gasteiger partial charge in [-0.25, -0.2) is 0 Å². The average molecular weight is 127 g/mol. The SMILES string of the molecule is CC=CCCN(C)C=O. The van der Waals surface area contributed by atoms with E-state index in [2.05, 4.69) is 0 Å². The van der Waals surface area contributed by atoms with Crippen LogP contribution in [0, 0.1) is 0 Å². The highest BCUT2D eigenvalue weighted by molar-refractivity contribution is 5.46. The molecule has 0 aliphatic rings. The molecule has 0 aromatic heterocycles. The first-order valence-electron chi connectivity index (χ1n) is 3.08. The maximum Gasteiger partial charge on any atom is 0.209 e. The molecule has 0 aromatic carbocycles. The molecule has 0 fully saturated rings. The minimum Gasteiger partial charge on any atom is -0.348 e. The van der Waals surface area contributed by atoms with Crippen LogP contribution in [0.3, 0.4) is 0 Å². The van der Waals surface area contributed by atoms with Gasteiger partial charge in [0.25, 0.3) is 0 Å². The van der Waals surface area contributed by atoms with E-state index in [9.17, 15) is 4.79 Å². The topological polar surface area (TPSA) is 20.3 Å². The molecule has 1 amide bonds. The number of allylic oxidation sites excluding steroid dienone is 1. The first-order valence-corrected chi connectivity index (χ1v) is 3.08. The fourth-order valence-corrected chi connectivity index (χ4v) is 0.498. The van der Waals surface area contributed by atoms with Crippen LogP contribution in [0.5, 0.6) is 0 Å². The zero-order valence-electron chi connectivity index (χ0n) is 6.00. The lowest BCUT2D eigenvalue weighted by Crippen LogP contribution is -2.16. The van der Waals surface area contributed by atoms with Gasteiger partial charge in [0.05, 0.1) is 0 Å². The smallest absolute Gasteiger partial charge is 0.209 e. The fourth-order valence-electron chi connectivity index (χ4n) is 0.498. The van der Waals surface area contributed by atoms with Crippen molar-refractivity contribution in [2.75, 3.05) is 13.6 Å². The van der Waals surface area contributed by atoms with Crippen molar-refractivity contribution in [3.63, 3.8) is 0 Å². The summed E-state index contributed by atoms with van der Waals surface area (Å²) in [6.07, 6.45) is 5.81. The molecule has 0 heterocycles. The Labute approximate surface area is 56.2 Å². The van der Waals surface area contributed by atoms with E-state index in [0.29, 0.717) is 0 Å². The zero-order valence-corrected chi connectivity index (χ0v) is 6.00. The molecule has 2 nitrogen and oxygen atoms in total. The van der Waals surface area contributed by atoms with E-state index in [1.807, 2.05) is 19.1 Å². The predicted molar refractivity (Wildman–Crippen MR) is 38.1 cm³/mol. The Morgan fingerprint density at radius 3 is 2.67 bits per heavy atom. The molecule has 0 aromatic rings. The van der Waals surface area contributed by atoms with E-state index in [1.54, 1.807) is 11.9 Å². The van der Waals surface area contributed by atoms with E-state index in [0.717, 1.165) is 19.4 Å². The van der Waals surface area contributed by atoms with Gasteiger partial charge in [0.2, 0.25) is 6.41 Å². The Balaban J connectivity index is 3.16. The molecule has 0 saturated heterocycles. The Kier molecular flexibility index (Phi) is 4.88. The molecule has 0 radical (unpaired) electrons. The van der Waals surface area contributed by atoms with Crippen molar-refractivity contribution in [3.05, 3.63) is 12.2 Å². The second kappa shape index (κ2) is 5.35. The molecule has 0 spiro atoms. The van der Waals surface area contributed by atoms with Gasteiger partial charge < -0.3 is 4.90 Å². The second-order valence-electron chi connectivity index (χ2n) is 1.94. The van der Waals surface area contributed by atoms with Crippen molar-refractivity contribution in [2.45, 2.75) is 13.3 Å². The lowest BCUT2D eigenvalue weighted by atomic mass is 10.4. The van der Waals surface area contributed by atoms with Crippen molar-refractivity contribution < 1.29 is 4.79 Å². The molecular formula is C7H13NO. The van der Waals surface area contributed by atoms with Crippen LogP contribution in [0.2, 0.25) is 0 Å². The lowest BCUT2D eigenvalue weighted by molar-refractivity contribution is -0.116. The second-order valence-corrected chi connectivity index (χ2v) is 1.94. The van der Waals surface area contributed by atoms with Crippen molar-refractivity contribution in [1.82, 2.24) is 4.90 Å². The van der Waals surface area contributed by atoms with Crippen LogP contribution >= 0.6 is 0 Å². The Hall–Kier alpha value is -0.790. The third-order valence-corrected chi connectivity index (χ3v) is 1.06. The van der Waals surface area contributed by atoms with Gasteiger partial charge in [-0.05, 0) is 13.3 Å². The average Bonchev–Trinajstić information content (AvgIpc) is 1.89. The van der Waals surface area contributed by atoms with Crippen molar-refractivity contribution in [2.24, 2.45) is 0 Å². The van der Waals surface area contributed by atoms with E-state index in [1.165, 1.54) is 0 Å². The molecule has 0 unspecified atom stereocenters. The zero-order chi connectivity index (χ0) is 7.11. The predicted octanol–water partition coefficient (Wildman–Crippen LogP) is 1.04. The molecule has 0 aliphatic heterocycles. The Bertz CT molecular complexity index is 99.1. The normalized spacial score (nSPS) is 10.0. The van der Waals surface area contributed by atoms with Crippen LogP contribution in [-0.2, 0) is 4.79 Å². The number of carbonyl (C=O) groups is 1. The van der Waals surface area contributed by atoms with Crippen molar-refractivity contribution in [1.29, 1.82) is 0 Å². The fraction of sp³-hybridized carbons (Fsp3) is 0.571. The molecular weight excluding hydrogens is 114 g/mol. The summed E-state index contributed by atoms with van der Waals surface area (Å²) < 4.78 is 0. The van der Waals surface area contributed by atoms with E-state index < -0.39 is 0 Å². The summed E-state index contributed by atoms with van der Waals surface area (Å²) in [7, 11) is 1.77. The van der Waals surface area contributed by atoms with E-state index in [4.69, 9.17) is 0 Å². The number of nitrogens with zero attached hydrogens (tertiary/aromatic N) is 1. The summed E-state index contributed by atoms with van der Waals surface area (Å²) in [6.45, 7) is 2.79. The van der Waals surface area contributed by atoms with E-state index >= 15 is 0 Å². The molecule has 9 heavy (non-hydrogen) atoms. The van der Waals surface area contributed by atoms with Crippen LogP contribution in [-0.4, -0.2) is 24.9 Å². The van der Waals surface area contributed by atoms with Gasteiger partial charge in [-0.3, -0.25) is 4.79 Å². The van der Waals surface area contributed by atoms with Gasteiger partial charge in [0, 0.05) is 13.6 Å². The summed E-state index contributed by atoms with van der Waals surface area (Å²) >= 11 is 0. The number of hydrogen-bond donors (Lipinski definition) is 0. The molecule has 2 heteroatoms. The Morgan fingerprint density at radius 2 is 2.22 bits per heavy atom. The van der Waals surface area contributed by atoms with Crippen LogP contribution in [0.1, 0.15) is 13.3 Å². The first-order chi connectivity index (χ1) is 4.31. The standard InChI is InChI=1S/C7H13NO/c1-3-4-5-6-8(2)7-9/h3-4,7H,5-6H2,1-2H3. The highest BCUT2D eigenvalue weighted by Gasteiger charge is 1.86. The summed E-state index contributed by atoms with van der Waals surface area (Å²) in [6, 6.07) is 0. The minimum atomic E-state index is 0.813. The number of amides is 1. The van der Waals surface area contributed by atoms with Crippen LogP contribution in [0.4, 0.5) is 0 Å². The van der Waals surface area contributed by atoms with Gasteiger partial charge >= 0.3 is 0 Å². The Morgan fingerprint density at radius 1 is 1.56 bits per heavy atom. The van der Waals surface area contributed by atoms with Crippen LogP contribution in [0.25, 0.3) is 0 Å². The highest BCUT2D eigenvalue weighted by atomic mass is 16.1. The van der Waals surface area contributed by atoms with Gasteiger partial charge in [0.15, 0.2) is 0 Å². The van der Waals surface area contributed by atoms with Crippen LogP contribution in [0.15, 0.2) is 12.2 Å². The molecule has 0 atom stereocenters. The molecule has 0 saturated carbocycles.